The Morgan fingerprint density at radius 2 is 1.96 bits per heavy atom. The van der Waals surface area contributed by atoms with Crippen LogP contribution >= 0.6 is 0 Å². The molecule has 128 valence electrons. The first-order chi connectivity index (χ1) is 10.7. The van der Waals surface area contributed by atoms with Gasteiger partial charge in [-0.15, -0.1) is 0 Å². The fourth-order valence-electron chi connectivity index (χ4n) is 1.68. The van der Waals surface area contributed by atoms with E-state index in [-0.39, 0.29) is 12.2 Å². The van der Waals surface area contributed by atoms with Crippen LogP contribution in [0.5, 0.6) is 5.75 Å². The summed E-state index contributed by atoms with van der Waals surface area (Å²) in [5, 5.41) is 2.30. The summed E-state index contributed by atoms with van der Waals surface area (Å²) >= 11 is 0. The van der Waals surface area contributed by atoms with E-state index < -0.39 is 39.4 Å². The van der Waals surface area contributed by atoms with E-state index in [1.807, 2.05) is 0 Å². The maximum Gasteiger partial charge on any atom is 0.387 e. The zero-order chi connectivity index (χ0) is 17.6. The van der Waals surface area contributed by atoms with Gasteiger partial charge in [-0.25, -0.2) is 13.1 Å². The van der Waals surface area contributed by atoms with E-state index in [0.717, 1.165) is 18.2 Å². The number of rotatable bonds is 7. The molecule has 1 rings (SSSR count). The molecule has 0 heterocycles. The van der Waals surface area contributed by atoms with Gasteiger partial charge in [0.15, 0.2) is 0 Å². The lowest BCUT2D eigenvalue weighted by atomic mass is 10.2. The molecule has 0 radical (unpaired) electrons. The van der Waals surface area contributed by atoms with E-state index in [9.17, 15) is 26.8 Å². The Balaban J connectivity index is 2.94. The third-order valence-corrected chi connectivity index (χ3v) is 4.02. The molecule has 1 atom stereocenters. The monoisotopic (exact) mass is 350 g/mol. The van der Waals surface area contributed by atoms with Crippen LogP contribution in [-0.4, -0.2) is 32.9 Å². The third kappa shape index (κ3) is 5.81. The molecule has 23 heavy (non-hydrogen) atoms. The molecule has 0 aliphatic rings. The third-order valence-electron chi connectivity index (χ3n) is 2.68. The summed E-state index contributed by atoms with van der Waals surface area (Å²) in [6.45, 7) is -0.328. The molecule has 2 amide bonds. The molecule has 0 aliphatic carbocycles. The van der Waals surface area contributed by atoms with Crippen LogP contribution in [0.25, 0.3) is 0 Å². The summed E-state index contributed by atoms with van der Waals surface area (Å²) in [5.74, 6) is -1.77. The van der Waals surface area contributed by atoms with E-state index >= 15 is 0 Å². The average Bonchev–Trinajstić information content (AvgIpc) is 2.43. The number of ether oxygens (including phenoxy) is 1. The number of hydrogen-bond acceptors (Lipinski definition) is 5. The zero-order valence-electron chi connectivity index (χ0n) is 12.4. The molecule has 0 saturated carbocycles. The molecule has 1 aromatic rings. The number of alkyl halides is 2. The SMILES string of the molecule is CCC(NC(C)=O)C(=O)NS(=O)(=O)c1cccc(OC(F)F)c1. The highest BCUT2D eigenvalue weighted by Gasteiger charge is 2.24. The summed E-state index contributed by atoms with van der Waals surface area (Å²) in [6, 6.07) is 3.30. The minimum absolute atomic E-state index is 0.176. The number of benzene rings is 1. The van der Waals surface area contributed by atoms with Crippen molar-refractivity contribution in [1.29, 1.82) is 0 Å². The normalized spacial score (nSPS) is 12.6. The second kappa shape index (κ2) is 7.86. The summed E-state index contributed by atoms with van der Waals surface area (Å²) in [4.78, 5) is 22.5. The molecule has 2 N–H and O–H groups in total. The van der Waals surface area contributed by atoms with Gasteiger partial charge in [-0.3, -0.25) is 9.59 Å². The van der Waals surface area contributed by atoms with Crippen molar-refractivity contribution in [2.45, 2.75) is 37.8 Å². The van der Waals surface area contributed by atoms with Gasteiger partial charge >= 0.3 is 6.61 Å². The first-order valence-corrected chi connectivity index (χ1v) is 8.02. The predicted molar refractivity (Wildman–Crippen MR) is 76.3 cm³/mol. The van der Waals surface area contributed by atoms with Crippen molar-refractivity contribution in [2.75, 3.05) is 0 Å². The van der Waals surface area contributed by atoms with Gasteiger partial charge in [-0.1, -0.05) is 13.0 Å². The highest BCUT2D eigenvalue weighted by molar-refractivity contribution is 7.90. The fourth-order valence-corrected chi connectivity index (χ4v) is 2.73. The Kier molecular flexibility index (Phi) is 6.43. The van der Waals surface area contributed by atoms with Crippen LogP contribution < -0.4 is 14.8 Å². The number of nitrogens with one attached hydrogen (secondary N) is 2. The molecule has 7 nitrogen and oxygen atoms in total. The quantitative estimate of drug-likeness (QED) is 0.764. The fraction of sp³-hybridized carbons (Fsp3) is 0.385. The van der Waals surface area contributed by atoms with Crippen molar-refractivity contribution in [3.05, 3.63) is 24.3 Å². The molecule has 0 saturated heterocycles. The first kappa shape index (κ1) is 18.8. The smallest absolute Gasteiger partial charge is 0.387 e. The summed E-state index contributed by atoms with van der Waals surface area (Å²) in [7, 11) is -4.28. The van der Waals surface area contributed by atoms with Crippen molar-refractivity contribution in [3.8, 4) is 5.75 Å². The molecule has 1 unspecified atom stereocenters. The van der Waals surface area contributed by atoms with Crippen LogP contribution in [0.3, 0.4) is 0 Å². The van der Waals surface area contributed by atoms with Gasteiger partial charge in [0.2, 0.25) is 5.91 Å². The molecular formula is C13H16F2N2O5S. The van der Waals surface area contributed by atoms with E-state index in [2.05, 4.69) is 10.1 Å². The first-order valence-electron chi connectivity index (χ1n) is 6.54. The summed E-state index contributed by atoms with van der Waals surface area (Å²) in [5.41, 5.74) is 0. The number of carbonyl (C=O) groups excluding carboxylic acids is 2. The lowest BCUT2D eigenvalue weighted by Crippen LogP contribution is -2.47. The minimum atomic E-state index is -4.28. The van der Waals surface area contributed by atoms with Crippen LogP contribution in [0.4, 0.5) is 8.78 Å². The summed E-state index contributed by atoms with van der Waals surface area (Å²) in [6.07, 6.45) is 0.176. The maximum atomic E-state index is 12.2. The number of amides is 2. The van der Waals surface area contributed by atoms with Crippen molar-refractivity contribution < 1.29 is 31.5 Å². The second-order valence-corrected chi connectivity index (χ2v) is 6.17. The zero-order valence-corrected chi connectivity index (χ0v) is 13.2. The lowest BCUT2D eigenvalue weighted by molar-refractivity contribution is -0.127. The number of halogens is 2. The molecule has 0 spiro atoms. The van der Waals surface area contributed by atoms with Crippen LogP contribution in [-0.2, 0) is 19.6 Å². The Morgan fingerprint density at radius 3 is 2.48 bits per heavy atom. The van der Waals surface area contributed by atoms with Gasteiger partial charge in [0.25, 0.3) is 15.9 Å². The molecule has 0 aliphatic heterocycles. The number of sulfonamides is 1. The van der Waals surface area contributed by atoms with E-state index in [4.69, 9.17) is 0 Å². The molecular weight excluding hydrogens is 334 g/mol. The highest BCUT2D eigenvalue weighted by Crippen LogP contribution is 2.19. The van der Waals surface area contributed by atoms with E-state index in [1.54, 1.807) is 11.6 Å². The maximum absolute atomic E-state index is 12.2. The van der Waals surface area contributed by atoms with Crippen molar-refractivity contribution in [1.82, 2.24) is 10.0 Å². The Labute approximate surface area is 132 Å². The molecule has 0 bridgehead atoms. The Hall–Kier alpha value is -2.23. The lowest BCUT2D eigenvalue weighted by Gasteiger charge is -2.16. The van der Waals surface area contributed by atoms with Crippen LogP contribution in [0.15, 0.2) is 29.2 Å². The highest BCUT2D eigenvalue weighted by atomic mass is 32.2. The molecule has 0 fully saturated rings. The Bertz CT molecular complexity index is 679. The Morgan fingerprint density at radius 1 is 1.30 bits per heavy atom. The second-order valence-electron chi connectivity index (χ2n) is 4.48. The van der Waals surface area contributed by atoms with E-state index in [1.165, 1.54) is 13.0 Å². The van der Waals surface area contributed by atoms with Crippen LogP contribution in [0, 0.1) is 0 Å². The standard InChI is InChI=1S/C13H16F2N2O5S/c1-3-11(16-8(2)18)12(19)17-23(20,21)10-6-4-5-9(7-10)22-13(14)15/h4-7,11,13H,3H2,1-2H3,(H,16,18)(H,17,19). The van der Waals surface area contributed by atoms with Crippen molar-refractivity contribution in [3.63, 3.8) is 0 Å². The molecule has 0 aromatic heterocycles. The van der Waals surface area contributed by atoms with Gasteiger partial charge in [0, 0.05) is 13.0 Å². The van der Waals surface area contributed by atoms with Crippen LogP contribution in [0.1, 0.15) is 20.3 Å². The van der Waals surface area contributed by atoms with Gasteiger partial charge in [-0.05, 0) is 18.6 Å². The van der Waals surface area contributed by atoms with Crippen molar-refractivity contribution in [2.24, 2.45) is 0 Å². The van der Waals surface area contributed by atoms with Crippen molar-refractivity contribution >= 4 is 21.8 Å². The average molecular weight is 350 g/mol. The number of carbonyl (C=O) groups is 2. The topological polar surface area (TPSA) is 102 Å². The number of hydrogen-bond donors (Lipinski definition) is 2. The van der Waals surface area contributed by atoms with Gasteiger partial charge in [0.05, 0.1) is 4.90 Å². The predicted octanol–water partition coefficient (Wildman–Crippen LogP) is 1.01. The van der Waals surface area contributed by atoms with Gasteiger partial charge in [-0.2, -0.15) is 8.78 Å². The van der Waals surface area contributed by atoms with E-state index in [0.29, 0.717) is 0 Å². The van der Waals surface area contributed by atoms with Crippen LogP contribution in [0.2, 0.25) is 0 Å². The molecule has 1 aromatic carbocycles. The molecule has 10 heteroatoms. The van der Waals surface area contributed by atoms with Gasteiger partial charge in [0.1, 0.15) is 11.8 Å². The largest absolute Gasteiger partial charge is 0.435 e. The minimum Gasteiger partial charge on any atom is -0.435 e. The van der Waals surface area contributed by atoms with Gasteiger partial charge < -0.3 is 10.1 Å². The summed E-state index contributed by atoms with van der Waals surface area (Å²) < 4.78 is 54.4.